The summed E-state index contributed by atoms with van der Waals surface area (Å²) in [5.41, 5.74) is 0.523. The number of ether oxygens (including phenoxy) is 2. The summed E-state index contributed by atoms with van der Waals surface area (Å²) in [5, 5.41) is 2.83. The lowest BCUT2D eigenvalue weighted by Crippen LogP contribution is -2.50. The first-order chi connectivity index (χ1) is 13.9. The summed E-state index contributed by atoms with van der Waals surface area (Å²) in [6, 6.07) is 8.28. The summed E-state index contributed by atoms with van der Waals surface area (Å²) in [7, 11) is -0.491. The van der Waals surface area contributed by atoms with Crippen LogP contribution in [0, 0.1) is 0 Å². The van der Waals surface area contributed by atoms with Crippen LogP contribution in [0.3, 0.4) is 0 Å². The van der Waals surface area contributed by atoms with Gasteiger partial charge in [0.05, 0.1) is 26.5 Å². The molecule has 0 atom stereocenters. The number of nitrogens with zero attached hydrogens (tertiary/aromatic N) is 3. The number of amides is 1. The fraction of sp³-hybridized carbons (Fsp3) is 0.368. The van der Waals surface area contributed by atoms with Crippen molar-refractivity contribution in [3.63, 3.8) is 0 Å². The van der Waals surface area contributed by atoms with Crippen LogP contribution in [0.5, 0.6) is 11.5 Å². The van der Waals surface area contributed by atoms with E-state index in [2.05, 4.69) is 10.3 Å². The molecule has 1 aliphatic heterocycles. The van der Waals surface area contributed by atoms with Gasteiger partial charge in [-0.25, -0.2) is 8.42 Å². The van der Waals surface area contributed by atoms with Crippen LogP contribution in [0.25, 0.3) is 0 Å². The molecule has 2 aromatic rings. The molecular weight excluding hydrogens is 396 g/mol. The number of carbonyl (C=O) groups is 1. The Hall–Kier alpha value is -2.69. The third-order valence-electron chi connectivity index (χ3n) is 4.65. The Bertz CT molecular complexity index is 944. The molecule has 2 heterocycles. The van der Waals surface area contributed by atoms with Gasteiger partial charge in [0.1, 0.15) is 16.4 Å². The molecular formula is C19H24N4O5S. The van der Waals surface area contributed by atoms with Crippen molar-refractivity contribution in [2.24, 2.45) is 0 Å². The predicted molar refractivity (Wildman–Crippen MR) is 108 cm³/mol. The van der Waals surface area contributed by atoms with E-state index in [0.29, 0.717) is 43.4 Å². The van der Waals surface area contributed by atoms with Crippen LogP contribution >= 0.6 is 0 Å². The lowest BCUT2D eigenvalue weighted by atomic mass is 10.2. The predicted octanol–water partition coefficient (Wildman–Crippen LogP) is 1.04. The lowest BCUT2D eigenvalue weighted by Gasteiger charge is -2.33. The summed E-state index contributed by atoms with van der Waals surface area (Å²) in [4.78, 5) is 18.4. The highest BCUT2D eigenvalue weighted by atomic mass is 32.2. The second-order valence-electron chi connectivity index (χ2n) is 6.48. The molecule has 0 unspecified atom stereocenters. The van der Waals surface area contributed by atoms with Gasteiger partial charge in [-0.15, -0.1) is 0 Å². The minimum Gasteiger partial charge on any atom is -0.497 e. The summed E-state index contributed by atoms with van der Waals surface area (Å²) in [5.74, 6) is 0.932. The van der Waals surface area contributed by atoms with E-state index >= 15 is 0 Å². The van der Waals surface area contributed by atoms with Gasteiger partial charge in [0.25, 0.3) is 0 Å². The summed E-state index contributed by atoms with van der Waals surface area (Å²) in [6.07, 6.45) is 2.88. The molecule has 1 fully saturated rings. The monoisotopic (exact) mass is 420 g/mol. The highest BCUT2D eigenvalue weighted by Crippen LogP contribution is 2.28. The van der Waals surface area contributed by atoms with Gasteiger partial charge in [0, 0.05) is 44.6 Å². The van der Waals surface area contributed by atoms with Gasteiger partial charge in [-0.05, 0) is 24.3 Å². The first-order valence-corrected chi connectivity index (χ1v) is 10.5. The number of sulfonamides is 1. The van der Waals surface area contributed by atoms with Gasteiger partial charge in [-0.1, -0.05) is 0 Å². The van der Waals surface area contributed by atoms with Crippen molar-refractivity contribution < 1.29 is 22.7 Å². The van der Waals surface area contributed by atoms with Crippen molar-refractivity contribution in [2.75, 3.05) is 52.3 Å². The number of aromatic nitrogens is 1. The Kier molecular flexibility index (Phi) is 6.68. The molecule has 1 N–H and O–H groups in total. The summed E-state index contributed by atoms with van der Waals surface area (Å²) < 4.78 is 37.2. The fourth-order valence-corrected chi connectivity index (χ4v) is 4.47. The largest absolute Gasteiger partial charge is 0.497 e. The van der Waals surface area contributed by atoms with E-state index in [4.69, 9.17) is 9.47 Å². The van der Waals surface area contributed by atoms with Gasteiger partial charge in [0.15, 0.2) is 0 Å². The van der Waals surface area contributed by atoms with Gasteiger partial charge in [-0.3, -0.25) is 14.7 Å². The number of anilines is 1. The maximum Gasteiger partial charge on any atom is 0.244 e. The topological polar surface area (TPSA) is 101 Å². The van der Waals surface area contributed by atoms with Gasteiger partial charge in [0.2, 0.25) is 15.9 Å². The molecule has 0 bridgehead atoms. The van der Waals surface area contributed by atoms with Crippen molar-refractivity contribution in [3.8, 4) is 11.5 Å². The standard InChI is InChI=1S/C19H24N4O5S/c1-27-15-5-6-18(28-2)17(12-15)21-19(24)14-22-8-10-23(11-9-22)29(25,26)16-4-3-7-20-13-16/h3-7,12-13H,8-11,14H2,1-2H3,(H,21,24). The molecule has 0 radical (unpaired) electrons. The summed E-state index contributed by atoms with van der Waals surface area (Å²) >= 11 is 0. The highest BCUT2D eigenvalue weighted by molar-refractivity contribution is 7.89. The average molecular weight is 420 g/mol. The molecule has 0 spiro atoms. The second-order valence-corrected chi connectivity index (χ2v) is 8.42. The Balaban J connectivity index is 1.57. The Morgan fingerprint density at radius 3 is 2.52 bits per heavy atom. The summed E-state index contributed by atoms with van der Waals surface area (Å²) in [6.45, 7) is 1.70. The minimum absolute atomic E-state index is 0.154. The van der Waals surface area contributed by atoms with Crippen LogP contribution in [-0.2, 0) is 14.8 Å². The maximum absolute atomic E-state index is 12.7. The van der Waals surface area contributed by atoms with Crippen LogP contribution in [0.2, 0.25) is 0 Å². The molecule has 156 valence electrons. The number of pyridine rings is 1. The van der Waals surface area contributed by atoms with Gasteiger partial charge < -0.3 is 14.8 Å². The SMILES string of the molecule is COc1ccc(OC)c(NC(=O)CN2CCN(S(=O)(=O)c3cccnc3)CC2)c1. The van der Waals surface area contributed by atoms with Crippen LogP contribution in [0.15, 0.2) is 47.6 Å². The number of hydrogen-bond acceptors (Lipinski definition) is 7. The Morgan fingerprint density at radius 1 is 1.14 bits per heavy atom. The first kappa shape index (κ1) is 21.0. The van der Waals surface area contributed by atoms with Crippen LogP contribution in [0.1, 0.15) is 0 Å². The van der Waals surface area contributed by atoms with Gasteiger partial charge >= 0.3 is 0 Å². The van der Waals surface area contributed by atoms with Crippen LogP contribution < -0.4 is 14.8 Å². The first-order valence-electron chi connectivity index (χ1n) is 9.08. The van der Waals surface area contributed by atoms with Crippen LogP contribution in [-0.4, -0.2) is 75.5 Å². The smallest absolute Gasteiger partial charge is 0.244 e. The van der Waals surface area contributed by atoms with Gasteiger partial charge in [-0.2, -0.15) is 4.31 Å². The van der Waals surface area contributed by atoms with Crippen molar-refractivity contribution in [1.82, 2.24) is 14.2 Å². The number of methoxy groups -OCH3 is 2. The fourth-order valence-electron chi connectivity index (χ4n) is 3.08. The van der Waals surface area contributed by atoms with Crippen molar-refractivity contribution >= 4 is 21.6 Å². The van der Waals surface area contributed by atoms with E-state index in [1.807, 2.05) is 4.90 Å². The van der Waals surface area contributed by atoms with Crippen molar-refractivity contribution in [1.29, 1.82) is 0 Å². The normalized spacial score (nSPS) is 15.7. The van der Waals surface area contributed by atoms with E-state index in [0.717, 1.165) is 0 Å². The quantitative estimate of drug-likeness (QED) is 0.714. The molecule has 1 aromatic carbocycles. The van der Waals surface area contributed by atoms with E-state index in [9.17, 15) is 13.2 Å². The van der Waals surface area contributed by atoms with Crippen LogP contribution in [0.4, 0.5) is 5.69 Å². The Labute approximate surface area is 170 Å². The zero-order valence-electron chi connectivity index (χ0n) is 16.4. The van der Waals surface area contributed by atoms with Crippen molar-refractivity contribution in [3.05, 3.63) is 42.7 Å². The molecule has 0 aliphatic carbocycles. The molecule has 1 amide bonds. The molecule has 1 saturated heterocycles. The third-order valence-corrected chi connectivity index (χ3v) is 6.53. The number of nitrogens with one attached hydrogen (secondary N) is 1. The lowest BCUT2D eigenvalue weighted by molar-refractivity contribution is -0.117. The number of benzene rings is 1. The molecule has 10 heteroatoms. The number of piperazine rings is 1. The molecule has 29 heavy (non-hydrogen) atoms. The average Bonchev–Trinajstić information content (AvgIpc) is 2.74. The molecule has 9 nitrogen and oxygen atoms in total. The van der Waals surface area contributed by atoms with E-state index in [1.165, 1.54) is 29.9 Å². The zero-order chi connectivity index (χ0) is 20.9. The molecule has 1 aliphatic rings. The molecule has 0 saturated carbocycles. The molecule has 3 rings (SSSR count). The zero-order valence-corrected chi connectivity index (χ0v) is 17.2. The third kappa shape index (κ3) is 5.03. The van der Waals surface area contributed by atoms with E-state index in [-0.39, 0.29) is 17.3 Å². The van der Waals surface area contributed by atoms with E-state index in [1.54, 1.807) is 31.4 Å². The maximum atomic E-state index is 12.7. The number of rotatable bonds is 7. The van der Waals surface area contributed by atoms with Crippen molar-refractivity contribution in [2.45, 2.75) is 4.90 Å². The minimum atomic E-state index is -3.57. The highest BCUT2D eigenvalue weighted by Gasteiger charge is 2.29. The molecule has 1 aromatic heterocycles. The number of carbonyl (C=O) groups excluding carboxylic acids is 1. The Morgan fingerprint density at radius 2 is 1.90 bits per heavy atom. The number of hydrogen-bond donors (Lipinski definition) is 1. The van der Waals surface area contributed by atoms with E-state index < -0.39 is 10.0 Å². The second kappa shape index (κ2) is 9.21.